The second kappa shape index (κ2) is 4.83. The Morgan fingerprint density at radius 2 is 1.58 bits per heavy atom. The van der Waals surface area contributed by atoms with Crippen LogP contribution in [0.4, 0.5) is 0 Å². The summed E-state index contributed by atoms with van der Waals surface area (Å²) in [4.78, 5) is 2.62. The van der Waals surface area contributed by atoms with Gasteiger partial charge in [-0.15, -0.1) is 0 Å². The van der Waals surface area contributed by atoms with E-state index in [1.807, 2.05) is 0 Å². The number of likely N-dealkylation sites (N-methyl/N-ethyl adjacent to an activating group) is 1. The zero-order valence-electron chi connectivity index (χ0n) is 8.58. The van der Waals surface area contributed by atoms with E-state index in [4.69, 9.17) is 0 Å². The predicted octanol–water partition coefficient (Wildman–Crippen LogP) is 1.48. The number of hydrogen-bond acceptors (Lipinski definition) is 1. The molecule has 2 atom stereocenters. The van der Waals surface area contributed by atoms with Crippen molar-refractivity contribution >= 4 is 0 Å². The van der Waals surface area contributed by atoms with Gasteiger partial charge in [-0.3, -0.25) is 4.90 Å². The van der Waals surface area contributed by atoms with E-state index in [0.717, 1.165) is 13.1 Å². The third-order valence-corrected chi connectivity index (χ3v) is 2.93. The van der Waals surface area contributed by atoms with Crippen molar-refractivity contribution in [2.75, 3.05) is 19.6 Å². The molecule has 0 aromatic carbocycles. The van der Waals surface area contributed by atoms with E-state index in [2.05, 4.69) is 31.0 Å². The molecule has 0 N–H and O–H groups in total. The van der Waals surface area contributed by atoms with Crippen molar-refractivity contribution < 1.29 is 0 Å². The van der Waals surface area contributed by atoms with Gasteiger partial charge in [-0.05, 0) is 19.4 Å². The molecule has 0 aromatic heterocycles. The normalized spacial score (nSPS) is 32.2. The van der Waals surface area contributed by atoms with Gasteiger partial charge in [0.2, 0.25) is 0 Å². The molecule has 2 heteroatoms. The summed E-state index contributed by atoms with van der Waals surface area (Å²) in [6, 6.07) is 1.43. The molecule has 0 amide bonds. The minimum Gasteiger partial charge on any atom is -0.295 e. The first-order valence-electron chi connectivity index (χ1n) is 5.22. The highest BCUT2D eigenvalue weighted by Gasteiger charge is 2.26. The maximum Gasteiger partial charge on any atom is 0.0290 e. The lowest BCUT2D eigenvalue weighted by Crippen LogP contribution is -2.54. The molecule has 0 spiro atoms. The molecule has 2 unspecified atom stereocenters. The van der Waals surface area contributed by atoms with E-state index in [1.54, 1.807) is 0 Å². The monoisotopic (exact) mass is 169 g/mol. The molecule has 1 aliphatic heterocycles. The fourth-order valence-electron chi connectivity index (χ4n) is 2.12. The maximum absolute atomic E-state index is 4.54. The van der Waals surface area contributed by atoms with Crippen LogP contribution in [0, 0.1) is 0 Å². The summed E-state index contributed by atoms with van der Waals surface area (Å²) in [6.07, 6.45) is 2.49. The maximum atomic E-state index is 4.54. The minimum atomic E-state index is 0.716. The van der Waals surface area contributed by atoms with Crippen LogP contribution >= 0.6 is 0 Å². The third kappa shape index (κ3) is 1.99. The van der Waals surface area contributed by atoms with Crippen molar-refractivity contribution in [1.29, 1.82) is 0 Å². The molecule has 2 nitrogen and oxygen atoms in total. The number of piperazine rings is 1. The van der Waals surface area contributed by atoms with Crippen molar-refractivity contribution in [3.63, 3.8) is 0 Å². The SMILES string of the molecule is CCC1C[N]CC(CC)N1CC. The molecule has 1 fully saturated rings. The number of hydrogen-bond donors (Lipinski definition) is 0. The lowest BCUT2D eigenvalue weighted by Gasteiger charge is -2.40. The second-order valence-electron chi connectivity index (χ2n) is 3.54. The van der Waals surface area contributed by atoms with Gasteiger partial charge in [0.05, 0.1) is 0 Å². The summed E-state index contributed by atoms with van der Waals surface area (Å²) < 4.78 is 0. The van der Waals surface area contributed by atoms with Gasteiger partial charge in [-0.1, -0.05) is 20.8 Å². The first-order chi connectivity index (χ1) is 5.83. The summed E-state index contributed by atoms with van der Waals surface area (Å²) in [5.41, 5.74) is 0. The summed E-state index contributed by atoms with van der Waals surface area (Å²) in [6.45, 7) is 10.1. The van der Waals surface area contributed by atoms with E-state index in [0.29, 0.717) is 12.1 Å². The van der Waals surface area contributed by atoms with Crippen LogP contribution in [-0.4, -0.2) is 36.6 Å². The Hall–Kier alpha value is -0.0800. The van der Waals surface area contributed by atoms with Gasteiger partial charge in [-0.25, -0.2) is 5.32 Å². The van der Waals surface area contributed by atoms with Crippen LogP contribution in [0.25, 0.3) is 0 Å². The van der Waals surface area contributed by atoms with Crippen LogP contribution in [0.1, 0.15) is 33.6 Å². The molecule has 0 aliphatic carbocycles. The summed E-state index contributed by atoms with van der Waals surface area (Å²) in [7, 11) is 0. The molecule has 71 valence electrons. The molecule has 1 rings (SSSR count). The Labute approximate surface area is 76.3 Å². The standard InChI is InChI=1S/C10H21N2/c1-4-9-7-11-8-10(5-2)12(9)6-3/h9-10H,4-8H2,1-3H3. The Bertz CT molecular complexity index is 113. The zero-order valence-corrected chi connectivity index (χ0v) is 8.58. The van der Waals surface area contributed by atoms with Gasteiger partial charge >= 0.3 is 0 Å². The highest BCUT2D eigenvalue weighted by Crippen LogP contribution is 2.15. The molecule has 0 saturated carbocycles. The molecule has 1 aliphatic rings. The molecular formula is C10H21N2. The Kier molecular flexibility index (Phi) is 4.02. The highest BCUT2D eigenvalue weighted by atomic mass is 15.2. The van der Waals surface area contributed by atoms with Crippen LogP contribution in [0.5, 0.6) is 0 Å². The Balaban J connectivity index is 2.52. The van der Waals surface area contributed by atoms with Crippen LogP contribution < -0.4 is 5.32 Å². The Morgan fingerprint density at radius 3 is 1.92 bits per heavy atom. The van der Waals surface area contributed by atoms with Gasteiger partial charge in [0.25, 0.3) is 0 Å². The van der Waals surface area contributed by atoms with Crippen molar-refractivity contribution in [2.24, 2.45) is 0 Å². The van der Waals surface area contributed by atoms with Crippen molar-refractivity contribution in [3.05, 3.63) is 0 Å². The van der Waals surface area contributed by atoms with Gasteiger partial charge in [0.15, 0.2) is 0 Å². The largest absolute Gasteiger partial charge is 0.295 e. The fourth-order valence-corrected chi connectivity index (χ4v) is 2.12. The molecular weight excluding hydrogens is 148 g/mol. The van der Waals surface area contributed by atoms with Crippen molar-refractivity contribution in [2.45, 2.75) is 45.7 Å². The van der Waals surface area contributed by atoms with E-state index in [9.17, 15) is 0 Å². The lowest BCUT2D eigenvalue weighted by molar-refractivity contribution is 0.0954. The van der Waals surface area contributed by atoms with E-state index >= 15 is 0 Å². The number of nitrogens with zero attached hydrogens (tertiary/aromatic N) is 2. The second-order valence-corrected chi connectivity index (χ2v) is 3.54. The van der Waals surface area contributed by atoms with Crippen LogP contribution in [-0.2, 0) is 0 Å². The van der Waals surface area contributed by atoms with Crippen molar-refractivity contribution in [3.8, 4) is 0 Å². The average Bonchev–Trinajstić information content (AvgIpc) is 2.16. The predicted molar refractivity (Wildman–Crippen MR) is 52.4 cm³/mol. The van der Waals surface area contributed by atoms with E-state index in [1.165, 1.54) is 19.4 Å². The van der Waals surface area contributed by atoms with Gasteiger partial charge in [0.1, 0.15) is 0 Å². The summed E-state index contributed by atoms with van der Waals surface area (Å²) in [5, 5.41) is 4.54. The molecule has 0 bridgehead atoms. The third-order valence-electron chi connectivity index (χ3n) is 2.93. The average molecular weight is 169 g/mol. The highest BCUT2D eigenvalue weighted by molar-refractivity contribution is 4.84. The zero-order chi connectivity index (χ0) is 8.97. The summed E-state index contributed by atoms with van der Waals surface area (Å²) >= 11 is 0. The van der Waals surface area contributed by atoms with Gasteiger partial charge < -0.3 is 0 Å². The van der Waals surface area contributed by atoms with Gasteiger partial charge in [-0.2, -0.15) is 0 Å². The first kappa shape index (κ1) is 10.0. The van der Waals surface area contributed by atoms with Crippen LogP contribution in [0.2, 0.25) is 0 Å². The minimum absolute atomic E-state index is 0.716. The topological polar surface area (TPSA) is 17.3 Å². The van der Waals surface area contributed by atoms with Crippen LogP contribution in [0.3, 0.4) is 0 Å². The van der Waals surface area contributed by atoms with Crippen LogP contribution in [0.15, 0.2) is 0 Å². The molecule has 1 radical (unpaired) electrons. The molecule has 0 aromatic rings. The molecule has 12 heavy (non-hydrogen) atoms. The molecule has 1 saturated heterocycles. The smallest absolute Gasteiger partial charge is 0.0290 e. The summed E-state index contributed by atoms with van der Waals surface area (Å²) in [5.74, 6) is 0. The van der Waals surface area contributed by atoms with E-state index in [-0.39, 0.29) is 0 Å². The van der Waals surface area contributed by atoms with Gasteiger partial charge in [0, 0.05) is 25.2 Å². The number of rotatable bonds is 3. The van der Waals surface area contributed by atoms with E-state index < -0.39 is 0 Å². The quantitative estimate of drug-likeness (QED) is 0.625. The van der Waals surface area contributed by atoms with Crippen molar-refractivity contribution in [1.82, 2.24) is 10.2 Å². The lowest BCUT2D eigenvalue weighted by atomic mass is 10.0. The molecule has 1 heterocycles. The first-order valence-corrected chi connectivity index (χ1v) is 5.22. The fraction of sp³-hybridized carbons (Fsp3) is 1.00. The Morgan fingerprint density at radius 1 is 1.08 bits per heavy atom.